The molecule has 0 radical (unpaired) electrons. The van der Waals surface area contributed by atoms with E-state index in [9.17, 15) is 4.79 Å². The summed E-state index contributed by atoms with van der Waals surface area (Å²) in [6.45, 7) is 12.1. The molecule has 0 saturated heterocycles. The molecule has 1 rings (SSSR count). The Morgan fingerprint density at radius 1 is 0.950 bits per heavy atom. The zero-order chi connectivity index (χ0) is 15.4. The molecule has 0 atom stereocenters. The fourth-order valence-corrected chi connectivity index (χ4v) is 2.35. The lowest BCUT2D eigenvalue weighted by molar-refractivity contribution is -0.515. The summed E-state index contributed by atoms with van der Waals surface area (Å²) in [5, 5.41) is 4.40. The highest BCUT2D eigenvalue weighted by atomic mass is 17.5. The Balaban J connectivity index is 2.22. The van der Waals surface area contributed by atoms with Crippen molar-refractivity contribution in [2.45, 2.75) is 78.9 Å². The number of hydrogen-bond acceptors (Lipinski definition) is 5. The van der Waals surface area contributed by atoms with Crippen LogP contribution >= 0.6 is 0 Å². The van der Waals surface area contributed by atoms with E-state index >= 15 is 0 Å². The zero-order valence-corrected chi connectivity index (χ0v) is 13.5. The first kappa shape index (κ1) is 17.2. The number of hydrogen-bond donors (Lipinski definition) is 0. The van der Waals surface area contributed by atoms with Crippen molar-refractivity contribution < 1.29 is 24.3 Å². The van der Waals surface area contributed by atoms with E-state index in [1.165, 1.54) is 0 Å². The molecule has 20 heavy (non-hydrogen) atoms. The van der Waals surface area contributed by atoms with Gasteiger partial charge in [-0.25, -0.2) is 9.68 Å². The Bertz CT molecular complexity index is 305. The van der Waals surface area contributed by atoms with Crippen molar-refractivity contribution in [1.29, 1.82) is 0 Å². The molecule has 1 aliphatic rings. The highest BCUT2D eigenvalue weighted by Crippen LogP contribution is 2.38. The van der Waals surface area contributed by atoms with Gasteiger partial charge in [-0.3, -0.25) is 0 Å². The van der Waals surface area contributed by atoms with Crippen LogP contribution in [0.2, 0.25) is 0 Å². The van der Waals surface area contributed by atoms with Crippen LogP contribution in [0, 0.1) is 11.3 Å². The molecule has 1 saturated carbocycles. The maximum atomic E-state index is 11.4. The molecule has 0 spiro atoms. The first-order valence-corrected chi connectivity index (χ1v) is 7.31. The van der Waals surface area contributed by atoms with Crippen molar-refractivity contribution in [3.8, 4) is 0 Å². The second-order valence-corrected chi connectivity index (χ2v) is 7.55. The minimum atomic E-state index is -0.839. The second kappa shape index (κ2) is 6.76. The van der Waals surface area contributed by atoms with Gasteiger partial charge in [-0.2, -0.15) is 4.89 Å². The van der Waals surface area contributed by atoms with Crippen LogP contribution in [0.5, 0.6) is 0 Å². The number of rotatable bonds is 3. The average molecular weight is 288 g/mol. The lowest BCUT2D eigenvalue weighted by Crippen LogP contribution is -2.30. The van der Waals surface area contributed by atoms with Crippen LogP contribution in [-0.4, -0.2) is 17.9 Å². The molecular formula is C15H28O5. The molecule has 0 aromatic rings. The summed E-state index contributed by atoms with van der Waals surface area (Å²) in [4.78, 5) is 20.7. The molecule has 0 unspecified atom stereocenters. The Hall–Kier alpha value is -0.810. The summed E-state index contributed by atoms with van der Waals surface area (Å²) in [5.41, 5.74) is -0.222. The molecule has 118 valence electrons. The van der Waals surface area contributed by atoms with Crippen LogP contribution < -0.4 is 0 Å². The maximum Gasteiger partial charge on any atom is 0.542 e. The average Bonchev–Trinajstić information content (AvgIpc) is 2.26. The van der Waals surface area contributed by atoms with Crippen molar-refractivity contribution in [2.75, 3.05) is 0 Å². The number of carbonyl (C=O) groups is 1. The first-order chi connectivity index (χ1) is 9.08. The smallest absolute Gasteiger partial charge is 0.429 e. The zero-order valence-electron chi connectivity index (χ0n) is 13.5. The molecular weight excluding hydrogens is 260 g/mol. The minimum absolute atomic E-state index is 0.0839. The molecule has 0 bridgehead atoms. The summed E-state index contributed by atoms with van der Waals surface area (Å²) in [7, 11) is 0. The van der Waals surface area contributed by atoms with E-state index in [2.05, 4.69) is 30.7 Å². The molecule has 5 heteroatoms. The molecule has 1 fully saturated rings. The highest BCUT2D eigenvalue weighted by Gasteiger charge is 2.31. The van der Waals surface area contributed by atoms with Gasteiger partial charge in [0, 0.05) is 0 Å². The predicted molar refractivity (Wildman–Crippen MR) is 74.7 cm³/mol. The van der Waals surface area contributed by atoms with Gasteiger partial charge in [0.1, 0.15) is 6.10 Å². The van der Waals surface area contributed by atoms with Crippen molar-refractivity contribution in [2.24, 2.45) is 11.3 Å². The first-order valence-electron chi connectivity index (χ1n) is 7.31. The van der Waals surface area contributed by atoms with Crippen LogP contribution in [0.4, 0.5) is 4.79 Å². The van der Waals surface area contributed by atoms with E-state index < -0.39 is 11.8 Å². The summed E-state index contributed by atoms with van der Waals surface area (Å²) in [6, 6.07) is 0. The van der Waals surface area contributed by atoms with E-state index in [4.69, 9.17) is 9.62 Å². The molecule has 5 nitrogen and oxygen atoms in total. The summed E-state index contributed by atoms with van der Waals surface area (Å²) in [5.74, 6) is 0.679. The van der Waals surface area contributed by atoms with Gasteiger partial charge < -0.3 is 4.74 Å². The molecule has 0 N–H and O–H groups in total. The number of carbonyl (C=O) groups excluding carboxylic acids is 1. The Morgan fingerprint density at radius 2 is 1.50 bits per heavy atom. The van der Waals surface area contributed by atoms with Gasteiger partial charge >= 0.3 is 6.16 Å². The van der Waals surface area contributed by atoms with Crippen molar-refractivity contribution in [1.82, 2.24) is 0 Å². The van der Waals surface area contributed by atoms with Crippen LogP contribution in [0.1, 0.15) is 67.2 Å². The maximum absolute atomic E-state index is 11.4. The Kier molecular flexibility index (Phi) is 5.83. The highest BCUT2D eigenvalue weighted by molar-refractivity contribution is 5.59. The van der Waals surface area contributed by atoms with Gasteiger partial charge in [-0.05, 0) is 62.8 Å². The van der Waals surface area contributed by atoms with Crippen LogP contribution in [0.3, 0.4) is 0 Å². The van der Waals surface area contributed by atoms with E-state index in [-0.39, 0.29) is 6.10 Å². The van der Waals surface area contributed by atoms with Crippen LogP contribution in [0.15, 0.2) is 0 Å². The molecule has 0 aliphatic heterocycles. The third-order valence-corrected chi connectivity index (χ3v) is 3.55. The minimum Gasteiger partial charge on any atom is -0.429 e. The van der Waals surface area contributed by atoms with Gasteiger partial charge in [0.05, 0.1) is 5.60 Å². The molecule has 0 aromatic carbocycles. The SMILES string of the molecule is CC(C)(C)OOOC(=O)OC1CCC(C(C)(C)C)CC1. The fourth-order valence-electron chi connectivity index (χ4n) is 2.35. The predicted octanol–water partition coefficient (Wildman–Crippen LogP) is 4.41. The normalized spacial score (nSPS) is 24.3. The van der Waals surface area contributed by atoms with E-state index in [1.807, 2.05) is 0 Å². The van der Waals surface area contributed by atoms with Crippen molar-refractivity contribution in [3.63, 3.8) is 0 Å². The van der Waals surface area contributed by atoms with E-state index in [0.29, 0.717) is 11.3 Å². The lowest BCUT2D eigenvalue weighted by atomic mass is 9.72. The molecule has 0 heterocycles. The lowest BCUT2D eigenvalue weighted by Gasteiger charge is -2.36. The number of ether oxygens (including phenoxy) is 1. The standard InChI is InChI=1S/C15H28O5/c1-14(2,3)11-7-9-12(10-8-11)17-13(16)18-20-19-15(4,5)6/h11-12H,7-10H2,1-6H3. The monoisotopic (exact) mass is 288 g/mol. The topological polar surface area (TPSA) is 54.0 Å². The van der Waals surface area contributed by atoms with Crippen LogP contribution in [0.25, 0.3) is 0 Å². The van der Waals surface area contributed by atoms with Gasteiger partial charge in [-0.15, -0.1) is 0 Å². The molecule has 1 aliphatic carbocycles. The Morgan fingerprint density at radius 3 is 1.95 bits per heavy atom. The largest absolute Gasteiger partial charge is 0.542 e. The third-order valence-electron chi connectivity index (χ3n) is 3.55. The summed E-state index contributed by atoms with van der Waals surface area (Å²) >= 11 is 0. The Labute approximate surface area is 121 Å². The van der Waals surface area contributed by atoms with Crippen LogP contribution in [-0.2, 0) is 19.6 Å². The van der Waals surface area contributed by atoms with E-state index in [1.54, 1.807) is 20.8 Å². The molecule has 0 amide bonds. The second-order valence-electron chi connectivity index (χ2n) is 7.55. The van der Waals surface area contributed by atoms with Gasteiger partial charge in [-0.1, -0.05) is 20.8 Å². The van der Waals surface area contributed by atoms with Crippen molar-refractivity contribution >= 4 is 6.16 Å². The van der Waals surface area contributed by atoms with Gasteiger partial charge in [0.25, 0.3) is 0 Å². The summed E-state index contributed by atoms with van der Waals surface area (Å²) < 4.78 is 5.20. The van der Waals surface area contributed by atoms with Gasteiger partial charge in [0.15, 0.2) is 0 Å². The van der Waals surface area contributed by atoms with Gasteiger partial charge in [0.2, 0.25) is 0 Å². The molecule has 0 aromatic heterocycles. The van der Waals surface area contributed by atoms with E-state index in [0.717, 1.165) is 25.7 Å². The quantitative estimate of drug-likeness (QED) is 0.437. The fraction of sp³-hybridized carbons (Fsp3) is 0.933. The third kappa shape index (κ3) is 6.57. The van der Waals surface area contributed by atoms with Crippen molar-refractivity contribution in [3.05, 3.63) is 0 Å². The summed E-state index contributed by atoms with van der Waals surface area (Å²) in [6.07, 6.45) is 2.96.